The minimum atomic E-state index is -0.465. The smallest absolute Gasteiger partial charge is 0.137 e. The van der Waals surface area contributed by atoms with Crippen LogP contribution in [0, 0.1) is 11.6 Å². The van der Waals surface area contributed by atoms with Crippen LogP contribution in [-0.4, -0.2) is 6.04 Å². The molecule has 0 saturated heterocycles. The van der Waals surface area contributed by atoms with Gasteiger partial charge in [0.2, 0.25) is 0 Å². The van der Waals surface area contributed by atoms with Gasteiger partial charge in [0, 0.05) is 17.5 Å². The Balaban J connectivity index is 2.32. The summed E-state index contributed by atoms with van der Waals surface area (Å²) < 4.78 is 27.1. The Bertz CT molecular complexity index is 632. The fourth-order valence-corrected chi connectivity index (χ4v) is 3.09. The summed E-state index contributed by atoms with van der Waals surface area (Å²) in [5.41, 5.74) is 0.963. The van der Waals surface area contributed by atoms with E-state index in [9.17, 15) is 8.78 Å². The molecule has 112 valence electrons. The quantitative estimate of drug-likeness (QED) is 0.803. The molecule has 2 aromatic carbocycles. The standard InChI is InChI=1S/C16H16ClF2NS/c1-10(2)20-9-11-4-3-5-13(17)16(11)21-15-8-12(18)6-7-14(15)19/h3-8,10,20H,9H2,1-2H3. The van der Waals surface area contributed by atoms with Crippen molar-refractivity contribution in [1.29, 1.82) is 0 Å². The molecule has 0 bridgehead atoms. The zero-order valence-electron chi connectivity index (χ0n) is 11.8. The summed E-state index contributed by atoms with van der Waals surface area (Å²) in [7, 11) is 0. The summed E-state index contributed by atoms with van der Waals surface area (Å²) in [6.07, 6.45) is 0. The largest absolute Gasteiger partial charge is 0.310 e. The molecule has 0 amide bonds. The molecule has 2 rings (SSSR count). The van der Waals surface area contributed by atoms with Crippen LogP contribution in [0.25, 0.3) is 0 Å². The minimum Gasteiger partial charge on any atom is -0.310 e. The third-order valence-corrected chi connectivity index (χ3v) is 4.50. The van der Waals surface area contributed by atoms with Crippen molar-refractivity contribution in [2.24, 2.45) is 0 Å². The molecule has 1 nitrogen and oxygen atoms in total. The summed E-state index contributed by atoms with van der Waals surface area (Å²) in [6, 6.07) is 9.27. The zero-order valence-corrected chi connectivity index (χ0v) is 13.4. The Morgan fingerprint density at radius 2 is 1.95 bits per heavy atom. The summed E-state index contributed by atoms with van der Waals surface area (Å²) in [5.74, 6) is -0.920. The Kier molecular flexibility index (Phi) is 5.62. The van der Waals surface area contributed by atoms with Crippen molar-refractivity contribution in [2.75, 3.05) is 0 Å². The predicted octanol–water partition coefficient (Wildman–Crippen LogP) is 5.27. The molecule has 0 radical (unpaired) electrons. The van der Waals surface area contributed by atoms with Gasteiger partial charge in [0.05, 0.1) is 9.92 Å². The van der Waals surface area contributed by atoms with Crippen LogP contribution >= 0.6 is 23.4 Å². The highest BCUT2D eigenvalue weighted by molar-refractivity contribution is 7.99. The molecule has 0 saturated carbocycles. The van der Waals surface area contributed by atoms with Crippen LogP contribution < -0.4 is 5.32 Å². The van der Waals surface area contributed by atoms with E-state index in [0.717, 1.165) is 34.4 Å². The lowest BCUT2D eigenvalue weighted by Crippen LogP contribution is -2.22. The Labute approximate surface area is 132 Å². The Morgan fingerprint density at radius 3 is 2.67 bits per heavy atom. The maximum absolute atomic E-state index is 13.8. The van der Waals surface area contributed by atoms with Gasteiger partial charge in [-0.2, -0.15) is 0 Å². The number of hydrogen-bond acceptors (Lipinski definition) is 2. The van der Waals surface area contributed by atoms with E-state index in [4.69, 9.17) is 11.6 Å². The van der Waals surface area contributed by atoms with E-state index in [1.54, 1.807) is 6.07 Å². The number of nitrogens with one attached hydrogen (secondary N) is 1. The van der Waals surface area contributed by atoms with E-state index in [1.807, 2.05) is 26.0 Å². The molecular weight excluding hydrogens is 312 g/mol. The van der Waals surface area contributed by atoms with Crippen molar-refractivity contribution < 1.29 is 8.78 Å². The second kappa shape index (κ2) is 7.25. The van der Waals surface area contributed by atoms with Crippen LogP contribution in [-0.2, 0) is 6.54 Å². The molecule has 0 heterocycles. The highest BCUT2D eigenvalue weighted by Crippen LogP contribution is 2.37. The van der Waals surface area contributed by atoms with Gasteiger partial charge in [0.15, 0.2) is 0 Å². The summed E-state index contributed by atoms with van der Waals surface area (Å²) in [6.45, 7) is 4.71. The summed E-state index contributed by atoms with van der Waals surface area (Å²) in [4.78, 5) is 0.978. The lowest BCUT2D eigenvalue weighted by molar-refractivity contribution is 0.576. The molecule has 0 fully saturated rings. The molecule has 21 heavy (non-hydrogen) atoms. The van der Waals surface area contributed by atoms with Gasteiger partial charge < -0.3 is 5.32 Å². The van der Waals surface area contributed by atoms with Crippen molar-refractivity contribution in [1.82, 2.24) is 5.32 Å². The molecule has 0 aliphatic rings. The predicted molar refractivity (Wildman–Crippen MR) is 83.9 cm³/mol. The van der Waals surface area contributed by atoms with Crippen LogP contribution in [0.1, 0.15) is 19.4 Å². The van der Waals surface area contributed by atoms with E-state index in [-0.39, 0.29) is 4.90 Å². The molecule has 0 atom stereocenters. The maximum Gasteiger partial charge on any atom is 0.137 e. The fourth-order valence-electron chi connectivity index (χ4n) is 1.79. The summed E-state index contributed by atoms with van der Waals surface area (Å²) >= 11 is 7.37. The van der Waals surface area contributed by atoms with Crippen LogP contribution in [0.4, 0.5) is 8.78 Å². The number of halogens is 3. The van der Waals surface area contributed by atoms with Crippen LogP contribution in [0.15, 0.2) is 46.2 Å². The monoisotopic (exact) mass is 327 g/mol. The summed E-state index contributed by atoms with van der Waals surface area (Å²) in [5, 5.41) is 3.84. The SMILES string of the molecule is CC(C)NCc1cccc(Cl)c1Sc1cc(F)ccc1F. The molecule has 0 aliphatic carbocycles. The maximum atomic E-state index is 13.8. The van der Waals surface area contributed by atoms with Crippen molar-refractivity contribution in [3.63, 3.8) is 0 Å². The number of benzene rings is 2. The first kappa shape index (κ1) is 16.3. The third kappa shape index (κ3) is 4.43. The highest BCUT2D eigenvalue weighted by Gasteiger charge is 2.12. The average molecular weight is 328 g/mol. The first-order chi connectivity index (χ1) is 9.97. The van der Waals surface area contributed by atoms with E-state index in [2.05, 4.69) is 5.32 Å². The third-order valence-electron chi connectivity index (χ3n) is 2.85. The van der Waals surface area contributed by atoms with Crippen molar-refractivity contribution in [2.45, 2.75) is 36.2 Å². The van der Waals surface area contributed by atoms with Gasteiger partial charge in [-0.15, -0.1) is 0 Å². The van der Waals surface area contributed by atoms with E-state index < -0.39 is 11.6 Å². The number of hydrogen-bond donors (Lipinski definition) is 1. The minimum absolute atomic E-state index is 0.230. The molecule has 0 spiro atoms. The van der Waals surface area contributed by atoms with Crippen LogP contribution in [0.5, 0.6) is 0 Å². The normalized spacial score (nSPS) is 11.1. The van der Waals surface area contributed by atoms with Crippen molar-refractivity contribution in [3.05, 3.63) is 58.6 Å². The number of rotatable bonds is 5. The van der Waals surface area contributed by atoms with Crippen molar-refractivity contribution >= 4 is 23.4 Å². The molecule has 2 aromatic rings. The molecular formula is C16H16ClF2NS. The zero-order chi connectivity index (χ0) is 15.4. The Morgan fingerprint density at radius 1 is 1.19 bits per heavy atom. The van der Waals surface area contributed by atoms with Gasteiger partial charge in [0.25, 0.3) is 0 Å². The first-order valence-electron chi connectivity index (χ1n) is 6.61. The topological polar surface area (TPSA) is 12.0 Å². The molecule has 0 aliphatic heterocycles. The van der Waals surface area contributed by atoms with Crippen LogP contribution in [0.3, 0.4) is 0 Å². The van der Waals surface area contributed by atoms with E-state index in [1.165, 1.54) is 6.07 Å². The molecule has 0 unspecified atom stereocenters. The van der Waals surface area contributed by atoms with Gasteiger partial charge >= 0.3 is 0 Å². The second-order valence-corrected chi connectivity index (χ2v) is 6.40. The lowest BCUT2D eigenvalue weighted by Gasteiger charge is -2.14. The van der Waals surface area contributed by atoms with Gasteiger partial charge in [0.1, 0.15) is 11.6 Å². The van der Waals surface area contributed by atoms with Gasteiger partial charge in [-0.1, -0.05) is 49.3 Å². The van der Waals surface area contributed by atoms with E-state index >= 15 is 0 Å². The Hall–Kier alpha value is -1.10. The highest BCUT2D eigenvalue weighted by atomic mass is 35.5. The van der Waals surface area contributed by atoms with Crippen LogP contribution in [0.2, 0.25) is 5.02 Å². The average Bonchev–Trinajstić information content (AvgIpc) is 2.43. The molecule has 1 N–H and O–H groups in total. The first-order valence-corrected chi connectivity index (χ1v) is 7.80. The molecule has 5 heteroatoms. The lowest BCUT2D eigenvalue weighted by atomic mass is 10.2. The fraction of sp³-hybridized carbons (Fsp3) is 0.250. The molecule has 0 aromatic heterocycles. The second-order valence-electron chi connectivity index (χ2n) is 4.94. The van der Waals surface area contributed by atoms with Gasteiger partial charge in [-0.3, -0.25) is 0 Å². The van der Waals surface area contributed by atoms with Gasteiger partial charge in [-0.25, -0.2) is 8.78 Å². The van der Waals surface area contributed by atoms with Crippen molar-refractivity contribution in [3.8, 4) is 0 Å². The van der Waals surface area contributed by atoms with E-state index in [0.29, 0.717) is 17.6 Å². The van der Waals surface area contributed by atoms with Gasteiger partial charge in [-0.05, 0) is 29.8 Å².